The molecule has 0 aliphatic carbocycles. The fraction of sp³-hybridized carbons (Fsp3) is 0.467. The van der Waals surface area contributed by atoms with E-state index < -0.39 is 0 Å². The molecule has 102 valence electrons. The Balaban J connectivity index is 1.99. The van der Waals surface area contributed by atoms with Gasteiger partial charge in [-0.05, 0) is 30.7 Å². The Bertz CT molecular complexity index is 434. The first-order chi connectivity index (χ1) is 9.24. The van der Waals surface area contributed by atoms with Gasteiger partial charge in [-0.2, -0.15) is 0 Å². The zero-order chi connectivity index (χ0) is 13.7. The van der Waals surface area contributed by atoms with Crippen molar-refractivity contribution in [3.8, 4) is 0 Å². The minimum Gasteiger partial charge on any atom is -0.368 e. The van der Waals surface area contributed by atoms with Crippen molar-refractivity contribution in [1.29, 1.82) is 0 Å². The van der Waals surface area contributed by atoms with E-state index >= 15 is 0 Å². The molecular formula is C15H20N2O2. The molecule has 1 aromatic rings. The minimum atomic E-state index is 0.208. The first-order valence-electron chi connectivity index (χ1n) is 6.82. The lowest BCUT2D eigenvalue weighted by Crippen LogP contribution is -2.45. The molecule has 1 fully saturated rings. The van der Waals surface area contributed by atoms with Crippen molar-refractivity contribution in [1.82, 2.24) is 4.90 Å². The molecule has 1 aromatic carbocycles. The molecule has 0 N–H and O–H groups in total. The van der Waals surface area contributed by atoms with Crippen molar-refractivity contribution in [2.75, 3.05) is 31.1 Å². The average Bonchev–Trinajstić information content (AvgIpc) is 2.48. The second-order valence-corrected chi connectivity index (χ2v) is 4.85. The SMILES string of the molecule is CCCC(=O)c1ccc(N2CCN(C=O)CC2)cc1. The van der Waals surface area contributed by atoms with Crippen molar-refractivity contribution >= 4 is 17.9 Å². The van der Waals surface area contributed by atoms with E-state index in [9.17, 15) is 9.59 Å². The van der Waals surface area contributed by atoms with Crippen molar-refractivity contribution < 1.29 is 9.59 Å². The molecule has 4 nitrogen and oxygen atoms in total. The number of nitrogens with zero attached hydrogens (tertiary/aromatic N) is 2. The van der Waals surface area contributed by atoms with Gasteiger partial charge in [-0.25, -0.2) is 0 Å². The third-order valence-corrected chi connectivity index (χ3v) is 3.49. The number of Topliss-reactive ketones (excluding diaryl/α,β-unsaturated/α-hetero) is 1. The van der Waals surface area contributed by atoms with Crippen molar-refractivity contribution in [2.24, 2.45) is 0 Å². The number of hydrogen-bond acceptors (Lipinski definition) is 3. The maximum atomic E-state index is 11.8. The Morgan fingerprint density at radius 3 is 2.32 bits per heavy atom. The number of amides is 1. The Kier molecular flexibility index (Phi) is 4.55. The maximum Gasteiger partial charge on any atom is 0.209 e. The molecule has 1 aliphatic rings. The van der Waals surface area contributed by atoms with E-state index in [0.717, 1.165) is 50.3 Å². The summed E-state index contributed by atoms with van der Waals surface area (Å²) in [6.45, 7) is 5.24. The van der Waals surface area contributed by atoms with Crippen LogP contribution in [0.2, 0.25) is 0 Å². The van der Waals surface area contributed by atoms with Gasteiger partial charge in [0.1, 0.15) is 0 Å². The van der Waals surface area contributed by atoms with E-state index in [-0.39, 0.29) is 5.78 Å². The lowest BCUT2D eigenvalue weighted by Gasteiger charge is -2.34. The van der Waals surface area contributed by atoms with Crippen LogP contribution in [0.25, 0.3) is 0 Å². The molecule has 1 amide bonds. The molecule has 0 unspecified atom stereocenters. The van der Waals surface area contributed by atoms with Crippen LogP contribution in [0.1, 0.15) is 30.1 Å². The summed E-state index contributed by atoms with van der Waals surface area (Å²) >= 11 is 0. The molecule has 0 saturated carbocycles. The summed E-state index contributed by atoms with van der Waals surface area (Å²) in [4.78, 5) is 26.4. The normalized spacial score (nSPS) is 15.4. The highest BCUT2D eigenvalue weighted by Crippen LogP contribution is 2.18. The summed E-state index contributed by atoms with van der Waals surface area (Å²) in [6.07, 6.45) is 2.40. The first kappa shape index (κ1) is 13.6. The second kappa shape index (κ2) is 6.36. The van der Waals surface area contributed by atoms with Gasteiger partial charge in [0.25, 0.3) is 0 Å². The topological polar surface area (TPSA) is 40.6 Å². The Morgan fingerprint density at radius 2 is 1.79 bits per heavy atom. The third kappa shape index (κ3) is 3.34. The predicted molar refractivity (Wildman–Crippen MR) is 75.5 cm³/mol. The van der Waals surface area contributed by atoms with Gasteiger partial charge in [0.15, 0.2) is 5.78 Å². The van der Waals surface area contributed by atoms with Gasteiger partial charge in [0.05, 0.1) is 0 Å². The summed E-state index contributed by atoms with van der Waals surface area (Å²) in [5.41, 5.74) is 1.91. The number of ketones is 1. The first-order valence-corrected chi connectivity index (χ1v) is 6.82. The van der Waals surface area contributed by atoms with Crippen LogP contribution in [0, 0.1) is 0 Å². The number of anilines is 1. The average molecular weight is 260 g/mol. The molecular weight excluding hydrogens is 240 g/mol. The summed E-state index contributed by atoms with van der Waals surface area (Å²) < 4.78 is 0. The fourth-order valence-corrected chi connectivity index (χ4v) is 2.32. The van der Waals surface area contributed by atoms with Gasteiger partial charge in [-0.15, -0.1) is 0 Å². The molecule has 2 rings (SSSR count). The number of benzene rings is 1. The van der Waals surface area contributed by atoms with E-state index in [1.807, 2.05) is 31.2 Å². The Morgan fingerprint density at radius 1 is 1.16 bits per heavy atom. The van der Waals surface area contributed by atoms with E-state index in [0.29, 0.717) is 6.42 Å². The molecule has 1 aliphatic heterocycles. The van der Waals surface area contributed by atoms with E-state index in [1.165, 1.54) is 0 Å². The summed E-state index contributed by atoms with van der Waals surface area (Å²) in [7, 11) is 0. The quantitative estimate of drug-likeness (QED) is 0.600. The Labute approximate surface area is 114 Å². The zero-order valence-corrected chi connectivity index (χ0v) is 11.3. The van der Waals surface area contributed by atoms with Crippen LogP contribution in [0.4, 0.5) is 5.69 Å². The molecule has 19 heavy (non-hydrogen) atoms. The van der Waals surface area contributed by atoms with Gasteiger partial charge in [0, 0.05) is 43.9 Å². The van der Waals surface area contributed by atoms with Crippen LogP contribution >= 0.6 is 0 Å². The fourth-order valence-electron chi connectivity index (χ4n) is 2.32. The molecule has 1 heterocycles. The van der Waals surface area contributed by atoms with Crippen LogP contribution < -0.4 is 4.90 Å². The van der Waals surface area contributed by atoms with Gasteiger partial charge in [-0.3, -0.25) is 9.59 Å². The van der Waals surface area contributed by atoms with Crippen LogP contribution in [0.3, 0.4) is 0 Å². The molecule has 0 atom stereocenters. The number of carbonyl (C=O) groups is 2. The van der Waals surface area contributed by atoms with Crippen LogP contribution in [-0.2, 0) is 4.79 Å². The van der Waals surface area contributed by atoms with Crippen molar-refractivity contribution in [3.05, 3.63) is 29.8 Å². The monoisotopic (exact) mass is 260 g/mol. The van der Waals surface area contributed by atoms with E-state index in [2.05, 4.69) is 4.90 Å². The number of carbonyl (C=O) groups excluding carboxylic acids is 2. The van der Waals surface area contributed by atoms with E-state index in [4.69, 9.17) is 0 Å². The molecule has 1 saturated heterocycles. The highest BCUT2D eigenvalue weighted by molar-refractivity contribution is 5.96. The molecule has 0 aromatic heterocycles. The highest BCUT2D eigenvalue weighted by atomic mass is 16.1. The largest absolute Gasteiger partial charge is 0.368 e. The van der Waals surface area contributed by atoms with Gasteiger partial charge >= 0.3 is 0 Å². The predicted octanol–water partition coefficient (Wildman–Crippen LogP) is 1.95. The van der Waals surface area contributed by atoms with Crippen LogP contribution in [-0.4, -0.2) is 43.3 Å². The van der Waals surface area contributed by atoms with Gasteiger partial charge < -0.3 is 9.80 Å². The van der Waals surface area contributed by atoms with Gasteiger partial charge in [0.2, 0.25) is 6.41 Å². The van der Waals surface area contributed by atoms with Crippen LogP contribution in [0.5, 0.6) is 0 Å². The minimum absolute atomic E-state index is 0.208. The Hall–Kier alpha value is -1.84. The van der Waals surface area contributed by atoms with E-state index in [1.54, 1.807) is 4.90 Å². The third-order valence-electron chi connectivity index (χ3n) is 3.49. The molecule has 0 radical (unpaired) electrons. The summed E-state index contributed by atoms with van der Waals surface area (Å²) in [5, 5.41) is 0. The highest BCUT2D eigenvalue weighted by Gasteiger charge is 2.15. The van der Waals surface area contributed by atoms with Crippen molar-refractivity contribution in [3.63, 3.8) is 0 Å². The molecule has 4 heteroatoms. The number of rotatable bonds is 5. The smallest absolute Gasteiger partial charge is 0.209 e. The second-order valence-electron chi connectivity index (χ2n) is 4.85. The summed E-state index contributed by atoms with van der Waals surface area (Å²) in [5.74, 6) is 0.208. The number of piperazine rings is 1. The molecule has 0 bridgehead atoms. The van der Waals surface area contributed by atoms with Gasteiger partial charge in [-0.1, -0.05) is 6.92 Å². The number of hydrogen-bond donors (Lipinski definition) is 0. The lowest BCUT2D eigenvalue weighted by molar-refractivity contribution is -0.118. The lowest BCUT2D eigenvalue weighted by atomic mass is 10.1. The van der Waals surface area contributed by atoms with Crippen molar-refractivity contribution in [2.45, 2.75) is 19.8 Å². The standard InChI is InChI=1S/C15H20N2O2/c1-2-3-15(19)13-4-6-14(7-5-13)17-10-8-16(12-18)9-11-17/h4-7,12H,2-3,8-11H2,1H3. The van der Waals surface area contributed by atoms with Crippen LogP contribution in [0.15, 0.2) is 24.3 Å². The zero-order valence-electron chi connectivity index (χ0n) is 11.3. The maximum absolute atomic E-state index is 11.8. The summed E-state index contributed by atoms with van der Waals surface area (Å²) in [6, 6.07) is 7.80. The molecule has 0 spiro atoms.